The minimum absolute atomic E-state index is 0.283. The highest BCUT2D eigenvalue weighted by Gasteiger charge is 2.36. The molecule has 3 heteroatoms. The molecule has 0 radical (unpaired) electrons. The number of carbonyl (C=O) groups is 1. The van der Waals surface area contributed by atoms with E-state index in [2.05, 4.69) is 13.0 Å². The Kier molecular flexibility index (Phi) is 3.14. The Morgan fingerprint density at radius 2 is 2.11 bits per heavy atom. The van der Waals surface area contributed by atoms with Crippen LogP contribution in [0.4, 0.5) is 0 Å². The second-order valence-electron chi connectivity index (χ2n) is 5.71. The average Bonchev–Trinajstić information content (AvgIpc) is 2.87. The molecule has 2 fully saturated rings. The van der Waals surface area contributed by atoms with E-state index in [1.807, 2.05) is 11.0 Å². The molecule has 2 atom stereocenters. The third-order valence-corrected chi connectivity index (χ3v) is 4.20. The van der Waals surface area contributed by atoms with Crippen LogP contribution in [0, 0.1) is 5.92 Å². The molecule has 2 unspecified atom stereocenters. The van der Waals surface area contributed by atoms with Crippen LogP contribution in [0.5, 0.6) is 0 Å². The van der Waals surface area contributed by atoms with Crippen molar-refractivity contribution >= 4 is 5.91 Å². The summed E-state index contributed by atoms with van der Waals surface area (Å²) in [7, 11) is 0. The summed E-state index contributed by atoms with van der Waals surface area (Å²) in [4.78, 5) is 13.9. The highest BCUT2D eigenvalue weighted by atomic mass is 16.3. The predicted octanol–water partition coefficient (Wildman–Crippen LogP) is 2.96. The molecule has 2 heterocycles. The maximum Gasteiger partial charge on any atom is 0.223 e. The van der Waals surface area contributed by atoms with Crippen LogP contribution >= 0.6 is 0 Å². The van der Waals surface area contributed by atoms with E-state index < -0.39 is 0 Å². The topological polar surface area (TPSA) is 33.5 Å². The van der Waals surface area contributed by atoms with Crippen molar-refractivity contribution in [3.63, 3.8) is 0 Å². The Morgan fingerprint density at radius 1 is 1.39 bits per heavy atom. The van der Waals surface area contributed by atoms with Crippen molar-refractivity contribution in [3.8, 4) is 0 Å². The van der Waals surface area contributed by atoms with Gasteiger partial charge in [0.15, 0.2) is 0 Å². The van der Waals surface area contributed by atoms with Crippen molar-refractivity contribution in [2.45, 2.75) is 44.9 Å². The SMILES string of the molecule is CC1CC1c1ccc(CCC(=O)N2CCCC2)o1. The first-order valence-corrected chi connectivity index (χ1v) is 7.10. The first-order chi connectivity index (χ1) is 8.74. The molecule has 1 aliphatic carbocycles. The van der Waals surface area contributed by atoms with Crippen molar-refractivity contribution < 1.29 is 9.21 Å². The van der Waals surface area contributed by atoms with E-state index in [9.17, 15) is 4.79 Å². The summed E-state index contributed by atoms with van der Waals surface area (Å²) in [5, 5.41) is 0. The minimum Gasteiger partial charge on any atom is -0.466 e. The van der Waals surface area contributed by atoms with Gasteiger partial charge in [-0.05, 0) is 37.3 Å². The van der Waals surface area contributed by atoms with E-state index in [0.29, 0.717) is 12.3 Å². The fraction of sp³-hybridized carbons (Fsp3) is 0.667. The third kappa shape index (κ3) is 2.45. The molecule has 1 amide bonds. The number of carbonyl (C=O) groups excluding carboxylic acids is 1. The number of amides is 1. The number of hydrogen-bond donors (Lipinski definition) is 0. The highest BCUT2D eigenvalue weighted by molar-refractivity contribution is 5.76. The van der Waals surface area contributed by atoms with Gasteiger partial charge in [-0.25, -0.2) is 0 Å². The molecule has 98 valence electrons. The van der Waals surface area contributed by atoms with E-state index in [1.54, 1.807) is 0 Å². The lowest BCUT2D eigenvalue weighted by atomic mass is 10.2. The Morgan fingerprint density at radius 3 is 2.78 bits per heavy atom. The molecule has 1 aromatic heterocycles. The molecule has 2 aliphatic rings. The summed E-state index contributed by atoms with van der Waals surface area (Å²) in [6, 6.07) is 4.13. The molecule has 3 nitrogen and oxygen atoms in total. The largest absolute Gasteiger partial charge is 0.466 e. The fourth-order valence-electron chi connectivity index (χ4n) is 2.80. The number of likely N-dealkylation sites (tertiary alicyclic amines) is 1. The Hall–Kier alpha value is -1.25. The molecule has 0 N–H and O–H groups in total. The van der Waals surface area contributed by atoms with Crippen molar-refractivity contribution in [2.75, 3.05) is 13.1 Å². The lowest BCUT2D eigenvalue weighted by Gasteiger charge is -2.14. The summed E-state index contributed by atoms with van der Waals surface area (Å²) < 4.78 is 5.82. The summed E-state index contributed by atoms with van der Waals surface area (Å²) in [6.07, 6.45) is 4.91. The number of aryl methyl sites for hydroxylation is 1. The first-order valence-electron chi connectivity index (χ1n) is 7.10. The first kappa shape index (κ1) is 11.8. The lowest BCUT2D eigenvalue weighted by molar-refractivity contribution is -0.130. The molecule has 0 bridgehead atoms. The maximum atomic E-state index is 11.9. The van der Waals surface area contributed by atoms with E-state index in [-0.39, 0.29) is 5.91 Å². The number of rotatable bonds is 4. The van der Waals surface area contributed by atoms with Gasteiger partial charge >= 0.3 is 0 Å². The molecule has 1 saturated heterocycles. The predicted molar refractivity (Wildman–Crippen MR) is 69.4 cm³/mol. The van der Waals surface area contributed by atoms with Crippen LogP contribution in [0.15, 0.2) is 16.5 Å². The molecule has 1 aromatic rings. The van der Waals surface area contributed by atoms with Gasteiger partial charge in [0.05, 0.1) is 0 Å². The second-order valence-corrected chi connectivity index (χ2v) is 5.71. The number of nitrogens with zero attached hydrogens (tertiary/aromatic N) is 1. The van der Waals surface area contributed by atoms with Gasteiger partial charge < -0.3 is 9.32 Å². The Balaban J connectivity index is 1.50. The van der Waals surface area contributed by atoms with E-state index >= 15 is 0 Å². The standard InChI is InChI=1S/C15H21NO2/c1-11-10-13(11)14-6-4-12(18-14)5-7-15(17)16-8-2-3-9-16/h4,6,11,13H,2-3,5,7-10H2,1H3. The Labute approximate surface area is 108 Å². The van der Waals surface area contributed by atoms with Gasteiger partial charge in [0.25, 0.3) is 0 Å². The zero-order chi connectivity index (χ0) is 12.5. The van der Waals surface area contributed by atoms with Crippen molar-refractivity contribution in [2.24, 2.45) is 5.92 Å². The molecule has 18 heavy (non-hydrogen) atoms. The monoisotopic (exact) mass is 247 g/mol. The van der Waals surface area contributed by atoms with Crippen LogP contribution in [-0.2, 0) is 11.2 Å². The van der Waals surface area contributed by atoms with Crippen molar-refractivity contribution in [1.29, 1.82) is 0 Å². The third-order valence-electron chi connectivity index (χ3n) is 4.20. The zero-order valence-electron chi connectivity index (χ0n) is 11.0. The van der Waals surface area contributed by atoms with Crippen LogP contribution < -0.4 is 0 Å². The maximum absolute atomic E-state index is 11.9. The van der Waals surface area contributed by atoms with Gasteiger partial charge in [0.2, 0.25) is 5.91 Å². The average molecular weight is 247 g/mol. The fourth-order valence-corrected chi connectivity index (χ4v) is 2.80. The molecule has 3 rings (SSSR count). The van der Waals surface area contributed by atoms with Crippen LogP contribution in [0.3, 0.4) is 0 Å². The van der Waals surface area contributed by atoms with Crippen LogP contribution in [0.2, 0.25) is 0 Å². The van der Waals surface area contributed by atoms with Crippen LogP contribution in [0.1, 0.15) is 50.0 Å². The smallest absolute Gasteiger partial charge is 0.223 e. The van der Waals surface area contributed by atoms with Gasteiger partial charge in [0, 0.05) is 31.8 Å². The number of hydrogen-bond acceptors (Lipinski definition) is 2. The Bertz CT molecular complexity index is 431. The number of furan rings is 1. The second kappa shape index (κ2) is 4.79. The van der Waals surface area contributed by atoms with Crippen LogP contribution in [0.25, 0.3) is 0 Å². The van der Waals surface area contributed by atoms with Crippen LogP contribution in [-0.4, -0.2) is 23.9 Å². The van der Waals surface area contributed by atoms with E-state index in [4.69, 9.17) is 4.42 Å². The molecular formula is C15H21NO2. The van der Waals surface area contributed by atoms with Gasteiger partial charge in [-0.1, -0.05) is 6.92 Å². The van der Waals surface area contributed by atoms with Crippen molar-refractivity contribution in [3.05, 3.63) is 23.7 Å². The van der Waals surface area contributed by atoms with Crippen molar-refractivity contribution in [1.82, 2.24) is 4.90 Å². The molecule has 1 aliphatic heterocycles. The lowest BCUT2D eigenvalue weighted by Crippen LogP contribution is -2.27. The quantitative estimate of drug-likeness (QED) is 0.819. The van der Waals surface area contributed by atoms with Gasteiger partial charge in [-0.2, -0.15) is 0 Å². The summed E-state index contributed by atoms with van der Waals surface area (Å²) in [6.45, 7) is 4.15. The molecule has 1 saturated carbocycles. The van der Waals surface area contributed by atoms with E-state index in [1.165, 1.54) is 6.42 Å². The molecular weight excluding hydrogens is 226 g/mol. The van der Waals surface area contributed by atoms with Gasteiger partial charge in [-0.3, -0.25) is 4.79 Å². The molecule has 0 aromatic carbocycles. The normalized spacial score (nSPS) is 26.6. The minimum atomic E-state index is 0.283. The summed E-state index contributed by atoms with van der Waals surface area (Å²) in [5.74, 6) is 3.77. The zero-order valence-corrected chi connectivity index (χ0v) is 11.0. The highest BCUT2D eigenvalue weighted by Crippen LogP contribution is 2.47. The molecule has 0 spiro atoms. The van der Waals surface area contributed by atoms with E-state index in [0.717, 1.165) is 49.8 Å². The van der Waals surface area contributed by atoms with Gasteiger partial charge in [0.1, 0.15) is 11.5 Å². The summed E-state index contributed by atoms with van der Waals surface area (Å²) >= 11 is 0. The van der Waals surface area contributed by atoms with Gasteiger partial charge in [-0.15, -0.1) is 0 Å². The summed E-state index contributed by atoms with van der Waals surface area (Å²) in [5.41, 5.74) is 0.